The molecule has 5 nitrogen and oxygen atoms in total. The molecule has 0 fully saturated rings. The van der Waals surface area contributed by atoms with Crippen molar-refractivity contribution in [2.24, 2.45) is 7.05 Å². The minimum absolute atomic E-state index is 0.0885. The van der Waals surface area contributed by atoms with Gasteiger partial charge in [-0.05, 0) is 17.7 Å². The quantitative estimate of drug-likeness (QED) is 0.539. The van der Waals surface area contributed by atoms with Crippen molar-refractivity contribution >= 4 is 28.5 Å². The van der Waals surface area contributed by atoms with Crippen molar-refractivity contribution in [2.75, 3.05) is 7.11 Å². The lowest BCUT2D eigenvalue weighted by Crippen LogP contribution is -2.06. The molecule has 1 aromatic carbocycles. The molecule has 3 rings (SSSR count). The zero-order valence-electron chi connectivity index (χ0n) is 11.5. The van der Waals surface area contributed by atoms with Crippen LogP contribution < -0.4 is 0 Å². The third kappa shape index (κ3) is 2.25. The third-order valence-corrected chi connectivity index (χ3v) is 3.50. The zero-order valence-corrected chi connectivity index (χ0v) is 12.3. The van der Waals surface area contributed by atoms with E-state index in [4.69, 9.17) is 16.3 Å². The van der Waals surface area contributed by atoms with Gasteiger partial charge in [0.1, 0.15) is 5.56 Å². The molecule has 106 valence electrons. The first kappa shape index (κ1) is 13.6. The number of nitrogens with zero attached hydrogens (tertiary/aromatic N) is 3. The molecule has 0 aliphatic carbocycles. The van der Waals surface area contributed by atoms with Gasteiger partial charge in [-0.15, -0.1) is 0 Å². The van der Waals surface area contributed by atoms with Gasteiger partial charge in [-0.3, -0.25) is 0 Å². The van der Waals surface area contributed by atoms with Crippen molar-refractivity contribution in [1.82, 2.24) is 14.5 Å². The number of ether oxygens (including phenoxy) is 1. The van der Waals surface area contributed by atoms with E-state index in [0.29, 0.717) is 11.3 Å². The minimum Gasteiger partial charge on any atom is -0.465 e. The molecule has 0 saturated carbocycles. The number of halogens is 1. The van der Waals surface area contributed by atoms with Gasteiger partial charge in [0.05, 0.1) is 12.8 Å². The largest absolute Gasteiger partial charge is 0.465 e. The predicted octanol–water partition coefficient (Wildman–Crippen LogP) is 3.08. The first-order chi connectivity index (χ1) is 10.1. The number of aromatic nitrogens is 3. The number of fused-ring (bicyclic) bond motifs is 1. The summed E-state index contributed by atoms with van der Waals surface area (Å²) in [6, 6.07) is 7.87. The highest BCUT2D eigenvalue weighted by Gasteiger charge is 2.19. The Bertz CT molecular complexity index is 842. The van der Waals surface area contributed by atoms with Crippen LogP contribution >= 0.6 is 11.6 Å². The smallest absolute Gasteiger partial charge is 0.341 e. The first-order valence-corrected chi connectivity index (χ1v) is 6.65. The molecule has 2 aromatic heterocycles. The van der Waals surface area contributed by atoms with E-state index in [1.807, 2.05) is 42.1 Å². The first-order valence-electron chi connectivity index (χ1n) is 6.27. The van der Waals surface area contributed by atoms with Crippen molar-refractivity contribution < 1.29 is 9.53 Å². The monoisotopic (exact) mass is 301 g/mol. The summed E-state index contributed by atoms with van der Waals surface area (Å²) in [7, 11) is 3.26. The van der Waals surface area contributed by atoms with Crippen molar-refractivity contribution in [3.63, 3.8) is 0 Å². The Kier molecular flexibility index (Phi) is 3.35. The van der Waals surface area contributed by atoms with Crippen LogP contribution in [-0.2, 0) is 11.8 Å². The molecule has 0 aliphatic heterocycles. The van der Waals surface area contributed by atoms with Gasteiger partial charge < -0.3 is 9.30 Å². The van der Waals surface area contributed by atoms with E-state index >= 15 is 0 Å². The molecular weight excluding hydrogens is 290 g/mol. The summed E-state index contributed by atoms with van der Waals surface area (Å²) in [4.78, 5) is 20.0. The van der Waals surface area contributed by atoms with Gasteiger partial charge in [0, 0.05) is 35.9 Å². The fraction of sp³-hybridized carbons (Fsp3) is 0.133. The molecule has 2 heterocycles. The predicted molar refractivity (Wildman–Crippen MR) is 80.3 cm³/mol. The molecule has 0 unspecified atom stereocenters. The Morgan fingerprint density at radius 3 is 2.86 bits per heavy atom. The number of carbonyl (C=O) groups excluding carboxylic acids is 1. The summed E-state index contributed by atoms with van der Waals surface area (Å²) in [6.45, 7) is 0. The molecule has 6 heteroatoms. The van der Waals surface area contributed by atoms with E-state index in [1.54, 1.807) is 0 Å². The van der Waals surface area contributed by atoms with Crippen LogP contribution in [0.25, 0.3) is 22.2 Å². The number of aryl methyl sites for hydroxylation is 1. The Morgan fingerprint density at radius 1 is 1.33 bits per heavy atom. The van der Waals surface area contributed by atoms with Gasteiger partial charge in [0.2, 0.25) is 5.28 Å². The van der Waals surface area contributed by atoms with Gasteiger partial charge in [-0.2, -0.15) is 0 Å². The molecule has 0 atom stereocenters. The van der Waals surface area contributed by atoms with Crippen LogP contribution in [0.2, 0.25) is 5.28 Å². The average molecular weight is 302 g/mol. The summed E-state index contributed by atoms with van der Waals surface area (Å²) >= 11 is 5.89. The molecule has 0 saturated heterocycles. The number of benzene rings is 1. The molecular formula is C15H12ClN3O2. The van der Waals surface area contributed by atoms with E-state index < -0.39 is 5.97 Å². The Morgan fingerprint density at radius 2 is 2.10 bits per heavy atom. The lowest BCUT2D eigenvalue weighted by atomic mass is 10.1. The molecule has 0 aliphatic rings. The number of esters is 1. The molecule has 0 amide bonds. The standard InChI is InChI=1S/C15H12ClN3O2/c1-19-8-11(9-5-3-4-6-12(9)19)13-10(14(20)21-2)7-17-15(16)18-13/h3-8H,1-2H3. The van der Waals surface area contributed by atoms with Crippen LogP contribution in [0, 0.1) is 0 Å². The van der Waals surface area contributed by atoms with Crippen LogP contribution in [0.5, 0.6) is 0 Å². The number of hydrogen-bond acceptors (Lipinski definition) is 4. The van der Waals surface area contributed by atoms with E-state index in [9.17, 15) is 4.79 Å². The van der Waals surface area contributed by atoms with Crippen molar-refractivity contribution in [3.05, 3.63) is 47.5 Å². The highest BCUT2D eigenvalue weighted by Crippen LogP contribution is 2.31. The van der Waals surface area contributed by atoms with Gasteiger partial charge in [-0.1, -0.05) is 18.2 Å². The van der Waals surface area contributed by atoms with E-state index in [0.717, 1.165) is 16.5 Å². The van der Waals surface area contributed by atoms with Crippen LogP contribution in [0.3, 0.4) is 0 Å². The Balaban J connectivity index is 2.32. The fourth-order valence-corrected chi connectivity index (χ4v) is 2.49. The van der Waals surface area contributed by atoms with Crippen LogP contribution in [-0.4, -0.2) is 27.6 Å². The molecule has 21 heavy (non-hydrogen) atoms. The summed E-state index contributed by atoms with van der Waals surface area (Å²) in [6.07, 6.45) is 3.30. The van der Waals surface area contributed by atoms with Crippen LogP contribution in [0.4, 0.5) is 0 Å². The SMILES string of the molecule is COC(=O)c1cnc(Cl)nc1-c1cn(C)c2ccccc12. The zero-order chi connectivity index (χ0) is 15.0. The van der Waals surface area contributed by atoms with Crippen molar-refractivity contribution in [2.45, 2.75) is 0 Å². The van der Waals surface area contributed by atoms with E-state index in [-0.39, 0.29) is 5.28 Å². The highest BCUT2D eigenvalue weighted by molar-refractivity contribution is 6.28. The topological polar surface area (TPSA) is 57.0 Å². The average Bonchev–Trinajstić information content (AvgIpc) is 2.84. The summed E-state index contributed by atoms with van der Waals surface area (Å²) in [5.41, 5.74) is 2.62. The summed E-state index contributed by atoms with van der Waals surface area (Å²) in [5, 5.41) is 1.07. The second-order valence-electron chi connectivity index (χ2n) is 4.56. The van der Waals surface area contributed by atoms with Crippen molar-refractivity contribution in [1.29, 1.82) is 0 Å². The second-order valence-corrected chi connectivity index (χ2v) is 4.90. The summed E-state index contributed by atoms with van der Waals surface area (Å²) < 4.78 is 6.76. The van der Waals surface area contributed by atoms with E-state index in [2.05, 4.69) is 9.97 Å². The third-order valence-electron chi connectivity index (χ3n) is 3.32. The fourth-order valence-electron chi connectivity index (χ4n) is 2.36. The maximum atomic E-state index is 11.9. The molecule has 0 spiro atoms. The van der Waals surface area contributed by atoms with Gasteiger partial charge >= 0.3 is 5.97 Å². The lowest BCUT2D eigenvalue weighted by molar-refractivity contribution is 0.0601. The highest BCUT2D eigenvalue weighted by atomic mass is 35.5. The van der Waals surface area contributed by atoms with Crippen LogP contribution in [0.1, 0.15) is 10.4 Å². The number of hydrogen-bond donors (Lipinski definition) is 0. The number of methoxy groups -OCH3 is 1. The van der Waals surface area contributed by atoms with E-state index in [1.165, 1.54) is 13.3 Å². The van der Waals surface area contributed by atoms with Crippen molar-refractivity contribution in [3.8, 4) is 11.3 Å². The number of carbonyl (C=O) groups is 1. The Labute approximate surface area is 126 Å². The normalized spacial score (nSPS) is 10.8. The second kappa shape index (κ2) is 5.18. The maximum Gasteiger partial charge on any atom is 0.341 e. The Hall–Kier alpha value is -2.40. The van der Waals surface area contributed by atoms with Gasteiger partial charge in [-0.25, -0.2) is 14.8 Å². The van der Waals surface area contributed by atoms with Crippen LogP contribution in [0.15, 0.2) is 36.7 Å². The molecule has 0 N–H and O–H groups in total. The van der Waals surface area contributed by atoms with Gasteiger partial charge in [0.15, 0.2) is 0 Å². The summed E-state index contributed by atoms with van der Waals surface area (Å²) in [5.74, 6) is -0.491. The number of rotatable bonds is 2. The molecule has 3 aromatic rings. The van der Waals surface area contributed by atoms with Gasteiger partial charge in [0.25, 0.3) is 0 Å². The molecule has 0 radical (unpaired) electrons. The maximum absolute atomic E-state index is 11.9. The minimum atomic E-state index is -0.491. The lowest BCUT2D eigenvalue weighted by Gasteiger charge is -2.06. The molecule has 0 bridgehead atoms. The number of para-hydroxylation sites is 1.